The van der Waals surface area contributed by atoms with Crippen LogP contribution in [0.4, 0.5) is 0 Å². The molecule has 1 saturated heterocycles. The molecular formula is C10H15N3O. The van der Waals surface area contributed by atoms with Gasteiger partial charge in [0.15, 0.2) is 0 Å². The third-order valence-corrected chi connectivity index (χ3v) is 2.69. The minimum absolute atomic E-state index is 0.205. The van der Waals surface area contributed by atoms with Crippen LogP contribution in [0.5, 0.6) is 0 Å². The Morgan fingerprint density at radius 3 is 2.79 bits per heavy atom. The molecule has 4 nitrogen and oxygen atoms in total. The molecule has 4 heteroatoms. The molecule has 1 fully saturated rings. The maximum Gasteiger partial charge on any atom is 0.230 e. The summed E-state index contributed by atoms with van der Waals surface area (Å²) in [7, 11) is 1.92. The van der Waals surface area contributed by atoms with Gasteiger partial charge in [-0.05, 0) is 12.8 Å². The van der Waals surface area contributed by atoms with E-state index >= 15 is 0 Å². The Morgan fingerprint density at radius 2 is 2.21 bits per heavy atom. The van der Waals surface area contributed by atoms with Crippen molar-refractivity contribution in [2.45, 2.75) is 19.3 Å². The fraction of sp³-hybridized carbons (Fsp3) is 0.600. The highest BCUT2D eigenvalue weighted by atomic mass is 16.2. The molecule has 1 aliphatic rings. The van der Waals surface area contributed by atoms with E-state index in [9.17, 15) is 4.79 Å². The Balaban J connectivity index is 1.97. The summed E-state index contributed by atoms with van der Waals surface area (Å²) >= 11 is 0. The average Bonchev–Trinajstić information content (AvgIpc) is 2.77. The third-order valence-electron chi connectivity index (χ3n) is 2.69. The Kier molecular flexibility index (Phi) is 2.52. The predicted molar refractivity (Wildman–Crippen MR) is 52.7 cm³/mol. The van der Waals surface area contributed by atoms with Crippen LogP contribution in [0.3, 0.4) is 0 Å². The van der Waals surface area contributed by atoms with Crippen LogP contribution in [0, 0.1) is 0 Å². The number of rotatable bonds is 2. The lowest BCUT2D eigenvalue weighted by Crippen LogP contribution is -2.29. The molecule has 1 aliphatic heterocycles. The molecule has 1 amide bonds. The van der Waals surface area contributed by atoms with Crippen LogP contribution in [-0.2, 0) is 18.3 Å². The van der Waals surface area contributed by atoms with Gasteiger partial charge in [0.25, 0.3) is 0 Å². The monoisotopic (exact) mass is 193 g/mol. The van der Waals surface area contributed by atoms with Crippen molar-refractivity contribution in [2.75, 3.05) is 13.1 Å². The summed E-state index contributed by atoms with van der Waals surface area (Å²) in [6.45, 7) is 1.84. The minimum atomic E-state index is 0.205. The van der Waals surface area contributed by atoms with Gasteiger partial charge in [-0.15, -0.1) is 0 Å². The molecule has 0 spiro atoms. The number of aromatic nitrogens is 2. The van der Waals surface area contributed by atoms with E-state index in [1.807, 2.05) is 22.7 Å². The molecule has 2 rings (SSSR count). The van der Waals surface area contributed by atoms with Crippen LogP contribution in [0.25, 0.3) is 0 Å². The molecule has 1 aromatic rings. The third kappa shape index (κ3) is 1.78. The molecule has 76 valence electrons. The first-order valence-corrected chi connectivity index (χ1v) is 5.01. The first kappa shape index (κ1) is 9.24. The highest BCUT2D eigenvalue weighted by Gasteiger charge is 2.19. The number of carbonyl (C=O) groups is 1. The van der Waals surface area contributed by atoms with Gasteiger partial charge in [-0.25, -0.2) is 4.98 Å². The number of aryl methyl sites for hydroxylation is 1. The quantitative estimate of drug-likeness (QED) is 0.689. The second-order valence-electron chi connectivity index (χ2n) is 3.72. The molecule has 0 bridgehead atoms. The first-order chi connectivity index (χ1) is 6.77. The van der Waals surface area contributed by atoms with Crippen molar-refractivity contribution in [1.29, 1.82) is 0 Å². The summed E-state index contributed by atoms with van der Waals surface area (Å²) in [6, 6.07) is 0. The van der Waals surface area contributed by atoms with E-state index in [0.29, 0.717) is 6.42 Å². The molecule has 0 aromatic carbocycles. The SMILES string of the molecule is Cn1ccnc1CC(=O)N1CCCC1. The van der Waals surface area contributed by atoms with Crippen molar-refractivity contribution in [3.63, 3.8) is 0 Å². The number of likely N-dealkylation sites (tertiary alicyclic amines) is 1. The van der Waals surface area contributed by atoms with Gasteiger partial charge in [-0.2, -0.15) is 0 Å². The smallest absolute Gasteiger partial charge is 0.230 e. The van der Waals surface area contributed by atoms with Crippen molar-refractivity contribution in [2.24, 2.45) is 7.05 Å². The van der Waals surface area contributed by atoms with Crippen LogP contribution < -0.4 is 0 Å². The lowest BCUT2D eigenvalue weighted by Gasteiger charge is -2.14. The van der Waals surface area contributed by atoms with E-state index in [2.05, 4.69) is 4.98 Å². The summed E-state index contributed by atoms with van der Waals surface area (Å²) < 4.78 is 1.90. The maximum absolute atomic E-state index is 11.7. The van der Waals surface area contributed by atoms with Gasteiger partial charge in [0, 0.05) is 32.5 Å². The molecule has 0 aliphatic carbocycles. The molecule has 0 saturated carbocycles. The average molecular weight is 193 g/mol. The zero-order valence-corrected chi connectivity index (χ0v) is 8.44. The Morgan fingerprint density at radius 1 is 1.50 bits per heavy atom. The fourth-order valence-corrected chi connectivity index (χ4v) is 1.78. The van der Waals surface area contributed by atoms with Crippen molar-refractivity contribution in [1.82, 2.24) is 14.5 Å². The Bertz CT molecular complexity index is 326. The van der Waals surface area contributed by atoms with Gasteiger partial charge in [-0.1, -0.05) is 0 Å². The van der Waals surface area contributed by atoms with E-state index in [4.69, 9.17) is 0 Å². The van der Waals surface area contributed by atoms with Gasteiger partial charge in [0.05, 0.1) is 6.42 Å². The van der Waals surface area contributed by atoms with E-state index in [1.54, 1.807) is 6.20 Å². The molecule has 14 heavy (non-hydrogen) atoms. The topological polar surface area (TPSA) is 38.1 Å². The number of carbonyl (C=O) groups excluding carboxylic acids is 1. The van der Waals surface area contributed by atoms with Crippen LogP contribution in [0.15, 0.2) is 12.4 Å². The molecule has 0 N–H and O–H groups in total. The zero-order chi connectivity index (χ0) is 9.97. The summed E-state index contributed by atoms with van der Waals surface area (Å²) in [4.78, 5) is 17.8. The van der Waals surface area contributed by atoms with Gasteiger partial charge in [0.2, 0.25) is 5.91 Å². The zero-order valence-electron chi connectivity index (χ0n) is 8.44. The second kappa shape index (κ2) is 3.82. The summed E-state index contributed by atoms with van der Waals surface area (Å²) in [5, 5.41) is 0. The molecule has 1 aromatic heterocycles. The predicted octanol–water partition coefficient (Wildman–Crippen LogP) is 0.585. The van der Waals surface area contributed by atoms with Crippen molar-refractivity contribution < 1.29 is 4.79 Å². The standard InChI is InChI=1S/C10H15N3O/c1-12-7-4-11-9(12)8-10(14)13-5-2-3-6-13/h4,7H,2-3,5-6,8H2,1H3. The van der Waals surface area contributed by atoms with Crippen LogP contribution in [0.1, 0.15) is 18.7 Å². The molecule has 2 heterocycles. The van der Waals surface area contributed by atoms with E-state index in [1.165, 1.54) is 0 Å². The maximum atomic E-state index is 11.7. The van der Waals surface area contributed by atoms with Gasteiger partial charge in [-0.3, -0.25) is 4.79 Å². The van der Waals surface area contributed by atoms with Crippen LogP contribution in [-0.4, -0.2) is 33.4 Å². The summed E-state index contributed by atoms with van der Waals surface area (Å²) in [5.41, 5.74) is 0. The van der Waals surface area contributed by atoms with Gasteiger partial charge in [0.1, 0.15) is 5.82 Å². The second-order valence-corrected chi connectivity index (χ2v) is 3.72. The lowest BCUT2D eigenvalue weighted by atomic mass is 10.3. The van der Waals surface area contributed by atoms with E-state index in [-0.39, 0.29) is 5.91 Å². The van der Waals surface area contributed by atoms with E-state index < -0.39 is 0 Å². The molecule has 0 atom stereocenters. The largest absolute Gasteiger partial charge is 0.342 e. The van der Waals surface area contributed by atoms with Crippen molar-refractivity contribution in [3.05, 3.63) is 18.2 Å². The lowest BCUT2D eigenvalue weighted by molar-refractivity contribution is -0.129. The Hall–Kier alpha value is -1.32. The number of hydrogen-bond donors (Lipinski definition) is 0. The van der Waals surface area contributed by atoms with Crippen LogP contribution >= 0.6 is 0 Å². The summed E-state index contributed by atoms with van der Waals surface area (Å²) in [5.74, 6) is 1.05. The molecule has 0 unspecified atom stereocenters. The van der Waals surface area contributed by atoms with Crippen molar-refractivity contribution >= 4 is 5.91 Å². The summed E-state index contributed by atoms with van der Waals surface area (Å²) in [6.07, 6.45) is 6.32. The Labute approximate surface area is 83.5 Å². The van der Waals surface area contributed by atoms with Gasteiger partial charge >= 0.3 is 0 Å². The molecule has 0 radical (unpaired) electrons. The number of nitrogens with zero attached hydrogens (tertiary/aromatic N) is 3. The molecular weight excluding hydrogens is 178 g/mol. The van der Waals surface area contributed by atoms with Crippen LogP contribution in [0.2, 0.25) is 0 Å². The minimum Gasteiger partial charge on any atom is -0.342 e. The van der Waals surface area contributed by atoms with Crippen molar-refractivity contribution in [3.8, 4) is 0 Å². The highest BCUT2D eigenvalue weighted by Crippen LogP contribution is 2.09. The number of hydrogen-bond acceptors (Lipinski definition) is 2. The highest BCUT2D eigenvalue weighted by molar-refractivity contribution is 5.78. The van der Waals surface area contributed by atoms with E-state index in [0.717, 1.165) is 31.8 Å². The fourth-order valence-electron chi connectivity index (χ4n) is 1.78. The van der Waals surface area contributed by atoms with Gasteiger partial charge < -0.3 is 9.47 Å². The normalized spacial score (nSPS) is 16.2. The number of amides is 1. The number of imidazole rings is 1. The first-order valence-electron chi connectivity index (χ1n) is 5.01.